The monoisotopic (exact) mass is 294 g/mol. The summed E-state index contributed by atoms with van der Waals surface area (Å²) in [6.45, 7) is 6.45. The van der Waals surface area contributed by atoms with E-state index in [1.165, 1.54) is 0 Å². The summed E-state index contributed by atoms with van der Waals surface area (Å²) in [4.78, 5) is 8.89. The second-order valence-corrected chi connectivity index (χ2v) is 5.35. The number of nitrogens with zero attached hydrogens (tertiary/aromatic N) is 3. The van der Waals surface area contributed by atoms with Gasteiger partial charge in [0, 0.05) is 45.5 Å². The van der Waals surface area contributed by atoms with Crippen LogP contribution in [-0.4, -0.2) is 60.9 Å². The molecule has 0 aromatic carbocycles. The van der Waals surface area contributed by atoms with Crippen LogP contribution in [0, 0.1) is 0 Å². The summed E-state index contributed by atoms with van der Waals surface area (Å²) in [6.07, 6.45) is 1.83. The molecule has 1 unspecified atom stereocenters. The average Bonchev–Trinajstić information content (AvgIpc) is 2.48. The van der Waals surface area contributed by atoms with Gasteiger partial charge in [0.2, 0.25) is 0 Å². The van der Waals surface area contributed by atoms with E-state index >= 15 is 0 Å². The van der Waals surface area contributed by atoms with Gasteiger partial charge in [0.15, 0.2) is 5.11 Å². The summed E-state index contributed by atoms with van der Waals surface area (Å²) < 4.78 is 5.11. The van der Waals surface area contributed by atoms with Crippen molar-refractivity contribution in [3.8, 4) is 0 Å². The maximum absolute atomic E-state index is 5.44. The van der Waals surface area contributed by atoms with Crippen LogP contribution in [0.2, 0.25) is 0 Å². The first kappa shape index (κ1) is 15.0. The molecule has 0 amide bonds. The van der Waals surface area contributed by atoms with Gasteiger partial charge in [0.1, 0.15) is 5.82 Å². The zero-order valence-electron chi connectivity index (χ0n) is 12.1. The van der Waals surface area contributed by atoms with Crippen molar-refractivity contribution in [3.05, 3.63) is 24.4 Å². The van der Waals surface area contributed by atoms with E-state index in [9.17, 15) is 0 Å². The number of ether oxygens (including phenoxy) is 1. The molecule has 6 heteroatoms. The van der Waals surface area contributed by atoms with Gasteiger partial charge in [-0.05, 0) is 31.3 Å². The van der Waals surface area contributed by atoms with Crippen molar-refractivity contribution in [3.63, 3.8) is 0 Å². The lowest BCUT2D eigenvalue weighted by atomic mass is 10.3. The molecule has 1 aromatic rings. The normalized spacial score (nSPS) is 16.9. The van der Waals surface area contributed by atoms with Crippen molar-refractivity contribution in [2.75, 3.05) is 44.8 Å². The van der Waals surface area contributed by atoms with Crippen molar-refractivity contribution >= 4 is 23.1 Å². The molecule has 1 aromatic heterocycles. The Kier molecular flexibility index (Phi) is 5.55. The summed E-state index contributed by atoms with van der Waals surface area (Å²) in [5, 5.41) is 4.12. The molecular weight excluding hydrogens is 272 g/mol. The van der Waals surface area contributed by atoms with Crippen molar-refractivity contribution in [1.82, 2.24) is 15.2 Å². The third-order valence-corrected chi connectivity index (χ3v) is 3.70. The molecule has 0 spiro atoms. The summed E-state index contributed by atoms with van der Waals surface area (Å²) in [5.74, 6) is 1.04. The largest absolute Gasteiger partial charge is 0.383 e. The standard InChI is InChI=1S/C14H22N4OS/c1-12(11-19-2)16-14(20)18-9-7-17(8-10-18)13-5-3-4-6-15-13/h3-6,12H,7-11H2,1-2H3,(H,16,20). The van der Waals surface area contributed by atoms with Crippen LogP contribution in [0.3, 0.4) is 0 Å². The number of hydrogen-bond donors (Lipinski definition) is 1. The molecule has 1 saturated heterocycles. The lowest BCUT2D eigenvalue weighted by molar-refractivity contribution is 0.177. The highest BCUT2D eigenvalue weighted by molar-refractivity contribution is 7.80. The summed E-state index contributed by atoms with van der Waals surface area (Å²) in [6, 6.07) is 6.25. The molecular formula is C14H22N4OS. The van der Waals surface area contributed by atoms with E-state index in [1.54, 1.807) is 7.11 Å². The molecule has 1 fully saturated rings. The van der Waals surface area contributed by atoms with E-state index in [0.29, 0.717) is 6.61 Å². The second kappa shape index (κ2) is 7.40. The van der Waals surface area contributed by atoms with Crippen LogP contribution in [0.4, 0.5) is 5.82 Å². The number of methoxy groups -OCH3 is 1. The van der Waals surface area contributed by atoms with E-state index in [1.807, 2.05) is 24.4 Å². The van der Waals surface area contributed by atoms with Gasteiger partial charge >= 0.3 is 0 Å². The molecule has 1 aliphatic heterocycles. The molecule has 0 saturated carbocycles. The van der Waals surface area contributed by atoms with Crippen molar-refractivity contribution in [2.45, 2.75) is 13.0 Å². The van der Waals surface area contributed by atoms with Gasteiger partial charge in [-0.15, -0.1) is 0 Å². The molecule has 2 rings (SSSR count). The number of anilines is 1. The highest BCUT2D eigenvalue weighted by atomic mass is 32.1. The van der Waals surface area contributed by atoms with Crippen LogP contribution in [0.5, 0.6) is 0 Å². The SMILES string of the molecule is COCC(C)NC(=S)N1CCN(c2ccccn2)CC1. The predicted molar refractivity (Wildman–Crippen MR) is 85.1 cm³/mol. The number of piperazine rings is 1. The third-order valence-electron chi connectivity index (χ3n) is 3.33. The Bertz CT molecular complexity index is 420. The van der Waals surface area contributed by atoms with Gasteiger partial charge in [0.05, 0.1) is 6.61 Å². The smallest absolute Gasteiger partial charge is 0.169 e. The number of aromatic nitrogens is 1. The first-order chi connectivity index (χ1) is 9.70. The highest BCUT2D eigenvalue weighted by Crippen LogP contribution is 2.12. The predicted octanol–water partition coefficient (Wildman–Crippen LogP) is 1.11. The first-order valence-corrected chi connectivity index (χ1v) is 7.32. The van der Waals surface area contributed by atoms with Crippen LogP contribution in [0.25, 0.3) is 0 Å². The minimum Gasteiger partial charge on any atom is -0.383 e. The maximum atomic E-state index is 5.44. The molecule has 2 heterocycles. The van der Waals surface area contributed by atoms with Gasteiger partial charge in [-0.25, -0.2) is 4.98 Å². The molecule has 20 heavy (non-hydrogen) atoms. The van der Waals surface area contributed by atoms with Gasteiger partial charge in [-0.2, -0.15) is 0 Å². The minimum absolute atomic E-state index is 0.237. The lowest BCUT2D eigenvalue weighted by Gasteiger charge is -2.37. The average molecular weight is 294 g/mol. The van der Waals surface area contributed by atoms with Gasteiger partial charge in [0.25, 0.3) is 0 Å². The number of rotatable bonds is 4. The van der Waals surface area contributed by atoms with E-state index in [0.717, 1.165) is 37.1 Å². The lowest BCUT2D eigenvalue weighted by Crippen LogP contribution is -2.53. The van der Waals surface area contributed by atoms with Crippen LogP contribution >= 0.6 is 12.2 Å². The van der Waals surface area contributed by atoms with Crippen LogP contribution in [0.15, 0.2) is 24.4 Å². The molecule has 110 valence electrons. The van der Waals surface area contributed by atoms with Crippen molar-refractivity contribution < 1.29 is 4.74 Å². The maximum Gasteiger partial charge on any atom is 0.169 e. The summed E-state index contributed by atoms with van der Waals surface area (Å²) >= 11 is 5.44. The van der Waals surface area contributed by atoms with Crippen molar-refractivity contribution in [1.29, 1.82) is 0 Å². The Hall–Kier alpha value is -1.40. The molecule has 0 radical (unpaired) electrons. The fourth-order valence-corrected chi connectivity index (χ4v) is 2.66. The van der Waals surface area contributed by atoms with Crippen LogP contribution in [0.1, 0.15) is 6.92 Å². The Balaban J connectivity index is 1.80. The summed E-state index contributed by atoms with van der Waals surface area (Å²) in [7, 11) is 1.70. The molecule has 1 aliphatic rings. The minimum atomic E-state index is 0.237. The zero-order valence-corrected chi connectivity index (χ0v) is 12.9. The van der Waals surface area contributed by atoms with Crippen molar-refractivity contribution in [2.24, 2.45) is 0 Å². The fourth-order valence-electron chi connectivity index (χ4n) is 2.27. The Labute approximate surface area is 125 Å². The quantitative estimate of drug-likeness (QED) is 0.839. The van der Waals surface area contributed by atoms with Crippen LogP contribution < -0.4 is 10.2 Å². The van der Waals surface area contributed by atoms with Gasteiger partial charge in [-0.3, -0.25) is 0 Å². The zero-order chi connectivity index (χ0) is 14.4. The number of hydrogen-bond acceptors (Lipinski definition) is 4. The Morgan fingerprint density at radius 1 is 1.40 bits per heavy atom. The topological polar surface area (TPSA) is 40.6 Å². The fraction of sp³-hybridized carbons (Fsp3) is 0.571. The highest BCUT2D eigenvalue weighted by Gasteiger charge is 2.20. The summed E-state index contributed by atoms with van der Waals surface area (Å²) in [5.41, 5.74) is 0. The van der Waals surface area contributed by atoms with E-state index in [-0.39, 0.29) is 6.04 Å². The molecule has 0 bridgehead atoms. The van der Waals surface area contributed by atoms with Gasteiger partial charge in [-0.1, -0.05) is 6.07 Å². The van der Waals surface area contributed by atoms with Crippen LogP contribution in [-0.2, 0) is 4.74 Å². The second-order valence-electron chi connectivity index (χ2n) is 4.97. The third kappa shape index (κ3) is 4.05. The molecule has 1 atom stereocenters. The number of pyridine rings is 1. The molecule has 0 aliphatic carbocycles. The first-order valence-electron chi connectivity index (χ1n) is 6.91. The number of nitrogens with one attached hydrogen (secondary N) is 1. The van der Waals surface area contributed by atoms with E-state index in [4.69, 9.17) is 17.0 Å². The van der Waals surface area contributed by atoms with E-state index in [2.05, 4.69) is 27.0 Å². The molecule has 5 nitrogen and oxygen atoms in total. The van der Waals surface area contributed by atoms with E-state index < -0.39 is 0 Å². The van der Waals surface area contributed by atoms with Gasteiger partial charge < -0.3 is 19.9 Å². The Morgan fingerprint density at radius 3 is 2.75 bits per heavy atom. The number of thiocarbonyl (C=S) groups is 1. The Morgan fingerprint density at radius 2 is 2.15 bits per heavy atom. The molecule has 1 N–H and O–H groups in total.